The highest BCUT2D eigenvalue weighted by atomic mass is 16.5. The number of nitrogens with zero attached hydrogens (tertiary/aromatic N) is 1. The van der Waals surface area contributed by atoms with Crippen molar-refractivity contribution in [3.8, 4) is 17.2 Å². The number of ketones is 1. The van der Waals surface area contributed by atoms with Crippen molar-refractivity contribution in [2.45, 2.75) is 39.7 Å². The van der Waals surface area contributed by atoms with Crippen LogP contribution in [0.3, 0.4) is 0 Å². The molecular weight excluding hydrogens is 314 g/mol. The van der Waals surface area contributed by atoms with E-state index in [1.807, 2.05) is 76.2 Å². The van der Waals surface area contributed by atoms with Crippen LogP contribution in [0.5, 0.6) is 5.75 Å². The zero-order valence-corrected chi connectivity index (χ0v) is 15.1. The molecule has 4 heteroatoms. The highest BCUT2D eigenvalue weighted by molar-refractivity contribution is 5.88. The average Bonchev–Trinajstić information content (AvgIpc) is 3.04. The number of ether oxygens (including phenoxy) is 1. The van der Waals surface area contributed by atoms with Gasteiger partial charge in [-0.1, -0.05) is 26.0 Å². The molecule has 2 aromatic carbocycles. The quantitative estimate of drug-likeness (QED) is 0.615. The summed E-state index contributed by atoms with van der Waals surface area (Å²) in [4.78, 5) is 16.9. The number of fused-ring (bicyclic) bond motifs is 1. The van der Waals surface area contributed by atoms with Gasteiger partial charge in [0.2, 0.25) is 5.89 Å². The van der Waals surface area contributed by atoms with Crippen molar-refractivity contribution in [2.75, 3.05) is 0 Å². The Hall–Kier alpha value is -2.62. The molecule has 1 atom stereocenters. The summed E-state index contributed by atoms with van der Waals surface area (Å²) in [6, 6.07) is 15.1. The summed E-state index contributed by atoms with van der Waals surface area (Å²) in [6.07, 6.45) is 0.808. The van der Waals surface area contributed by atoms with Crippen LogP contribution in [0, 0.1) is 5.92 Å². The van der Waals surface area contributed by atoms with Crippen molar-refractivity contribution < 1.29 is 13.9 Å². The van der Waals surface area contributed by atoms with E-state index in [9.17, 15) is 4.79 Å². The molecule has 0 spiro atoms. The van der Waals surface area contributed by atoms with Crippen LogP contribution in [-0.2, 0) is 4.79 Å². The smallest absolute Gasteiger partial charge is 0.227 e. The molecule has 1 unspecified atom stereocenters. The molecule has 25 heavy (non-hydrogen) atoms. The van der Waals surface area contributed by atoms with Crippen LogP contribution in [0.4, 0.5) is 0 Å². The van der Waals surface area contributed by atoms with E-state index < -0.39 is 5.60 Å². The summed E-state index contributed by atoms with van der Waals surface area (Å²) in [6.45, 7) is 7.57. The van der Waals surface area contributed by atoms with Gasteiger partial charge in [-0.05, 0) is 56.7 Å². The van der Waals surface area contributed by atoms with Gasteiger partial charge in [0.25, 0.3) is 0 Å². The lowest BCUT2D eigenvalue weighted by atomic mass is 9.91. The van der Waals surface area contributed by atoms with Crippen molar-refractivity contribution in [3.63, 3.8) is 0 Å². The van der Waals surface area contributed by atoms with Gasteiger partial charge in [-0.2, -0.15) is 0 Å². The predicted molar refractivity (Wildman–Crippen MR) is 98.6 cm³/mol. The van der Waals surface area contributed by atoms with Gasteiger partial charge in [0.05, 0.1) is 0 Å². The lowest BCUT2D eigenvalue weighted by Gasteiger charge is -2.27. The van der Waals surface area contributed by atoms with Gasteiger partial charge in [0.15, 0.2) is 17.0 Å². The maximum atomic E-state index is 12.4. The van der Waals surface area contributed by atoms with Gasteiger partial charge >= 0.3 is 0 Å². The number of rotatable bonds is 6. The number of hydrogen-bond donors (Lipinski definition) is 0. The van der Waals surface area contributed by atoms with E-state index in [-0.39, 0.29) is 11.7 Å². The number of Topliss-reactive ketones (excluding diaryl/α,β-unsaturated/α-hetero) is 1. The van der Waals surface area contributed by atoms with Crippen molar-refractivity contribution >= 4 is 16.9 Å². The van der Waals surface area contributed by atoms with Crippen LogP contribution >= 0.6 is 0 Å². The highest BCUT2D eigenvalue weighted by Crippen LogP contribution is 2.28. The first-order chi connectivity index (χ1) is 11.9. The Balaban J connectivity index is 1.79. The predicted octanol–water partition coefficient (Wildman–Crippen LogP) is 5.27. The minimum absolute atomic E-state index is 0.0194. The molecule has 130 valence electrons. The van der Waals surface area contributed by atoms with E-state index in [0.29, 0.717) is 11.6 Å². The Bertz CT molecular complexity index is 845. The molecule has 0 aliphatic heterocycles. The first-order valence-electron chi connectivity index (χ1n) is 8.60. The van der Waals surface area contributed by atoms with Gasteiger partial charge in [0.1, 0.15) is 11.3 Å². The molecule has 0 fully saturated rings. The summed E-state index contributed by atoms with van der Waals surface area (Å²) < 4.78 is 11.7. The minimum atomic E-state index is -0.853. The fourth-order valence-electron chi connectivity index (χ4n) is 2.78. The maximum absolute atomic E-state index is 12.4. The van der Waals surface area contributed by atoms with Gasteiger partial charge in [-0.3, -0.25) is 4.79 Å². The maximum Gasteiger partial charge on any atom is 0.227 e. The van der Waals surface area contributed by atoms with E-state index >= 15 is 0 Å². The fraction of sp³-hybridized carbons (Fsp3) is 0.333. The van der Waals surface area contributed by atoms with Crippen molar-refractivity contribution in [1.29, 1.82) is 0 Å². The molecule has 0 radical (unpaired) electrons. The van der Waals surface area contributed by atoms with Gasteiger partial charge < -0.3 is 9.15 Å². The molecule has 0 N–H and O–H groups in total. The van der Waals surface area contributed by atoms with Crippen LogP contribution in [0.25, 0.3) is 22.6 Å². The zero-order chi connectivity index (χ0) is 18.0. The molecule has 4 nitrogen and oxygen atoms in total. The number of hydrogen-bond acceptors (Lipinski definition) is 4. The van der Waals surface area contributed by atoms with E-state index in [0.717, 1.165) is 23.1 Å². The molecule has 0 saturated carbocycles. The molecule has 1 heterocycles. The summed E-state index contributed by atoms with van der Waals surface area (Å²) >= 11 is 0. The highest BCUT2D eigenvalue weighted by Gasteiger charge is 2.32. The topological polar surface area (TPSA) is 52.3 Å². The second-order valence-corrected chi connectivity index (χ2v) is 6.80. The first kappa shape index (κ1) is 17.2. The number of carbonyl (C=O) groups excluding carboxylic acids is 1. The molecule has 3 rings (SSSR count). The SMILES string of the molecule is CCC(C)C(=O)C(C)(C)Oc1ccc(-c2nc3ccccc3o2)cc1. The summed E-state index contributed by atoms with van der Waals surface area (Å²) in [5, 5.41) is 0. The van der Waals surface area contributed by atoms with Crippen LogP contribution in [0.2, 0.25) is 0 Å². The Morgan fingerprint density at radius 1 is 1.16 bits per heavy atom. The first-order valence-corrected chi connectivity index (χ1v) is 8.60. The van der Waals surface area contributed by atoms with E-state index in [1.54, 1.807) is 0 Å². The number of para-hydroxylation sites is 2. The molecule has 0 bridgehead atoms. The second-order valence-electron chi connectivity index (χ2n) is 6.80. The Kier molecular flexibility index (Phi) is 4.62. The molecule has 3 aromatic rings. The van der Waals surface area contributed by atoms with Crippen molar-refractivity contribution in [3.05, 3.63) is 48.5 Å². The van der Waals surface area contributed by atoms with E-state index in [2.05, 4.69) is 4.98 Å². The molecule has 0 amide bonds. The van der Waals surface area contributed by atoms with Crippen molar-refractivity contribution in [2.24, 2.45) is 5.92 Å². The average molecular weight is 337 g/mol. The van der Waals surface area contributed by atoms with Gasteiger partial charge in [-0.15, -0.1) is 0 Å². The standard InChI is InChI=1S/C21H23NO3/c1-5-14(2)19(23)21(3,4)25-16-12-10-15(11-13-16)20-22-17-8-6-7-9-18(17)24-20/h6-14H,5H2,1-4H3. The molecule has 0 aliphatic rings. The number of carbonyl (C=O) groups is 1. The fourth-order valence-corrected chi connectivity index (χ4v) is 2.78. The third-order valence-corrected chi connectivity index (χ3v) is 4.42. The number of oxazole rings is 1. The second kappa shape index (κ2) is 6.71. The summed E-state index contributed by atoms with van der Waals surface area (Å²) in [5.41, 5.74) is 1.61. The van der Waals surface area contributed by atoms with Crippen molar-refractivity contribution in [1.82, 2.24) is 4.98 Å². The molecule has 0 aliphatic carbocycles. The summed E-state index contributed by atoms with van der Waals surface area (Å²) in [7, 11) is 0. The van der Waals surface area contributed by atoms with Gasteiger partial charge in [-0.25, -0.2) is 4.98 Å². The Morgan fingerprint density at radius 3 is 2.48 bits per heavy atom. The molecular formula is C21H23NO3. The van der Waals surface area contributed by atoms with E-state index in [1.165, 1.54) is 0 Å². The van der Waals surface area contributed by atoms with Crippen LogP contribution in [0.15, 0.2) is 52.9 Å². The third-order valence-electron chi connectivity index (χ3n) is 4.42. The van der Waals surface area contributed by atoms with Crippen LogP contribution < -0.4 is 4.74 Å². The Labute approximate surface area is 147 Å². The monoisotopic (exact) mass is 337 g/mol. The zero-order valence-electron chi connectivity index (χ0n) is 15.1. The van der Waals surface area contributed by atoms with Crippen LogP contribution in [-0.4, -0.2) is 16.4 Å². The molecule has 1 aromatic heterocycles. The Morgan fingerprint density at radius 2 is 1.84 bits per heavy atom. The largest absolute Gasteiger partial charge is 0.480 e. The van der Waals surface area contributed by atoms with Gasteiger partial charge in [0, 0.05) is 11.5 Å². The lowest BCUT2D eigenvalue weighted by molar-refractivity contribution is -0.135. The van der Waals surface area contributed by atoms with E-state index in [4.69, 9.17) is 9.15 Å². The van der Waals surface area contributed by atoms with Crippen LogP contribution in [0.1, 0.15) is 34.1 Å². The molecule has 0 saturated heterocycles. The normalized spacial score (nSPS) is 13.0. The number of aromatic nitrogens is 1. The summed E-state index contributed by atoms with van der Waals surface area (Å²) in [5.74, 6) is 1.32. The lowest BCUT2D eigenvalue weighted by Crippen LogP contribution is -2.41. The third kappa shape index (κ3) is 3.58. The minimum Gasteiger partial charge on any atom is -0.480 e. The number of benzene rings is 2.